The molecular weight excluding hydrogens is 280 g/mol. The first-order valence-corrected chi connectivity index (χ1v) is 7.64. The van der Waals surface area contributed by atoms with E-state index in [0.717, 1.165) is 11.3 Å². The van der Waals surface area contributed by atoms with Crippen LogP contribution >= 0.6 is 0 Å². The molecule has 1 aromatic rings. The average Bonchev–Trinajstić information content (AvgIpc) is 2.87. The number of rotatable bonds is 7. The molecule has 2 rings (SSSR count). The fourth-order valence-electron chi connectivity index (χ4n) is 2.52. The van der Waals surface area contributed by atoms with Crippen molar-refractivity contribution >= 4 is 0 Å². The molecule has 1 saturated heterocycles. The average molecular weight is 306 g/mol. The van der Waals surface area contributed by atoms with E-state index in [1.165, 1.54) is 0 Å². The van der Waals surface area contributed by atoms with Crippen LogP contribution in [-0.2, 0) is 20.8 Å². The van der Waals surface area contributed by atoms with Crippen molar-refractivity contribution in [1.82, 2.24) is 0 Å². The molecule has 1 aromatic carbocycles. The van der Waals surface area contributed by atoms with Gasteiger partial charge in [0.15, 0.2) is 5.79 Å². The zero-order chi connectivity index (χ0) is 16.2. The monoisotopic (exact) mass is 306 g/mol. The molecule has 122 valence electrons. The highest BCUT2D eigenvalue weighted by molar-refractivity contribution is 5.26. The molecule has 1 heterocycles. The molecule has 0 radical (unpaired) electrons. The molecule has 0 aliphatic carbocycles. The number of hydrogen-bond donors (Lipinski definition) is 0. The van der Waals surface area contributed by atoms with Crippen LogP contribution < -0.4 is 4.74 Å². The molecule has 4 heteroatoms. The molecule has 0 amide bonds. The molecule has 1 aliphatic rings. The second-order valence-electron chi connectivity index (χ2n) is 6.09. The van der Waals surface area contributed by atoms with Crippen LogP contribution in [0.2, 0.25) is 0 Å². The van der Waals surface area contributed by atoms with Crippen LogP contribution in [0.3, 0.4) is 0 Å². The fourth-order valence-corrected chi connectivity index (χ4v) is 2.52. The maximum atomic E-state index is 6.11. The Morgan fingerprint density at radius 3 is 2.55 bits per heavy atom. The summed E-state index contributed by atoms with van der Waals surface area (Å²) < 4.78 is 22.9. The van der Waals surface area contributed by atoms with Crippen LogP contribution in [0.15, 0.2) is 36.9 Å². The summed E-state index contributed by atoms with van der Waals surface area (Å²) >= 11 is 0. The zero-order valence-corrected chi connectivity index (χ0v) is 13.9. The van der Waals surface area contributed by atoms with E-state index in [2.05, 4.69) is 13.5 Å². The van der Waals surface area contributed by atoms with Gasteiger partial charge in [-0.3, -0.25) is 0 Å². The number of hydrogen-bond acceptors (Lipinski definition) is 4. The largest absolute Gasteiger partial charge is 0.497 e. The first kappa shape index (κ1) is 17.0. The molecular formula is C18H26O4. The summed E-state index contributed by atoms with van der Waals surface area (Å²) in [5.41, 5.74) is 1.10. The first-order chi connectivity index (χ1) is 10.4. The van der Waals surface area contributed by atoms with Gasteiger partial charge in [-0.25, -0.2) is 0 Å². The third-order valence-corrected chi connectivity index (χ3v) is 3.89. The van der Waals surface area contributed by atoms with E-state index in [-0.39, 0.29) is 18.1 Å². The van der Waals surface area contributed by atoms with E-state index >= 15 is 0 Å². The van der Waals surface area contributed by atoms with Crippen molar-refractivity contribution in [2.45, 2.75) is 45.4 Å². The Kier molecular flexibility index (Phi) is 5.62. The molecule has 0 bridgehead atoms. The van der Waals surface area contributed by atoms with Gasteiger partial charge in [0.25, 0.3) is 0 Å². The highest BCUT2D eigenvalue weighted by Crippen LogP contribution is 2.29. The highest BCUT2D eigenvalue weighted by Gasteiger charge is 2.39. The van der Waals surface area contributed by atoms with E-state index < -0.39 is 5.79 Å². The van der Waals surface area contributed by atoms with Crippen molar-refractivity contribution in [1.29, 1.82) is 0 Å². The molecule has 1 aliphatic heterocycles. The van der Waals surface area contributed by atoms with Gasteiger partial charge >= 0.3 is 0 Å². The Morgan fingerprint density at radius 1 is 1.36 bits per heavy atom. The summed E-state index contributed by atoms with van der Waals surface area (Å²) in [6.07, 6.45) is 1.73. The molecule has 0 N–H and O–H groups in total. The summed E-state index contributed by atoms with van der Waals surface area (Å²) in [7, 11) is 1.66. The van der Waals surface area contributed by atoms with Crippen LogP contribution in [0.25, 0.3) is 0 Å². The van der Waals surface area contributed by atoms with E-state index in [9.17, 15) is 0 Å². The van der Waals surface area contributed by atoms with Crippen LogP contribution in [0, 0.1) is 5.92 Å². The Morgan fingerprint density at radius 2 is 2.05 bits per heavy atom. The maximum Gasteiger partial charge on any atom is 0.163 e. The molecule has 0 saturated carbocycles. The third kappa shape index (κ3) is 4.32. The van der Waals surface area contributed by atoms with Gasteiger partial charge in [0.2, 0.25) is 0 Å². The van der Waals surface area contributed by atoms with Crippen molar-refractivity contribution in [3.05, 3.63) is 42.5 Å². The third-order valence-electron chi connectivity index (χ3n) is 3.89. The van der Waals surface area contributed by atoms with Crippen molar-refractivity contribution in [2.75, 3.05) is 13.7 Å². The normalized spacial score (nSPS) is 23.0. The molecule has 22 heavy (non-hydrogen) atoms. The summed E-state index contributed by atoms with van der Waals surface area (Å²) in [6, 6.07) is 7.88. The minimum atomic E-state index is -0.548. The number of methoxy groups -OCH3 is 1. The predicted octanol–water partition coefficient (Wildman–Crippen LogP) is 3.55. The van der Waals surface area contributed by atoms with E-state index in [4.69, 9.17) is 18.9 Å². The quantitative estimate of drug-likeness (QED) is 0.722. The Balaban J connectivity index is 1.99. The topological polar surface area (TPSA) is 36.9 Å². The molecule has 0 unspecified atom stereocenters. The Bertz CT molecular complexity index is 480. The van der Waals surface area contributed by atoms with Crippen LogP contribution in [-0.4, -0.2) is 31.7 Å². The lowest BCUT2D eigenvalue weighted by molar-refractivity contribution is -0.161. The van der Waals surface area contributed by atoms with Gasteiger partial charge in [0.1, 0.15) is 11.9 Å². The molecule has 3 atom stereocenters. The van der Waals surface area contributed by atoms with Crippen molar-refractivity contribution < 1.29 is 18.9 Å². The lowest BCUT2D eigenvalue weighted by Crippen LogP contribution is -2.37. The van der Waals surface area contributed by atoms with Gasteiger partial charge in [0, 0.05) is 5.92 Å². The molecule has 1 fully saturated rings. The van der Waals surface area contributed by atoms with Gasteiger partial charge in [-0.15, -0.1) is 6.58 Å². The number of ether oxygens (including phenoxy) is 4. The Labute approximate surface area is 133 Å². The van der Waals surface area contributed by atoms with Gasteiger partial charge in [-0.2, -0.15) is 0 Å². The van der Waals surface area contributed by atoms with Crippen LogP contribution in [0.5, 0.6) is 5.75 Å². The number of benzene rings is 1. The zero-order valence-electron chi connectivity index (χ0n) is 13.9. The van der Waals surface area contributed by atoms with Crippen molar-refractivity contribution in [3.8, 4) is 5.75 Å². The van der Waals surface area contributed by atoms with Crippen LogP contribution in [0.1, 0.15) is 26.3 Å². The molecule has 0 spiro atoms. The van der Waals surface area contributed by atoms with E-state index in [1.807, 2.05) is 44.2 Å². The summed E-state index contributed by atoms with van der Waals surface area (Å²) in [4.78, 5) is 0. The fraction of sp³-hybridized carbons (Fsp3) is 0.556. The second-order valence-corrected chi connectivity index (χ2v) is 6.09. The molecule has 0 aromatic heterocycles. The maximum absolute atomic E-state index is 6.11. The standard InChI is InChI=1S/C18H26O4/c1-6-13(2)17(16-12-21-18(3,4)22-16)20-11-14-7-9-15(19-5)10-8-14/h6-10,13,16-17H,1,11-12H2,2-5H3/t13-,16-,17-/m1/s1. The SMILES string of the molecule is C=C[C@@H](C)[C@@H](OCc1ccc(OC)cc1)[C@H]1COC(C)(C)O1. The summed E-state index contributed by atoms with van der Waals surface area (Å²) in [5, 5.41) is 0. The van der Waals surface area contributed by atoms with Crippen molar-refractivity contribution in [3.63, 3.8) is 0 Å². The van der Waals surface area contributed by atoms with Gasteiger partial charge in [-0.05, 0) is 31.5 Å². The minimum Gasteiger partial charge on any atom is -0.497 e. The van der Waals surface area contributed by atoms with E-state index in [0.29, 0.717) is 13.2 Å². The second kappa shape index (κ2) is 7.27. The first-order valence-electron chi connectivity index (χ1n) is 7.64. The van der Waals surface area contributed by atoms with Crippen LogP contribution in [0.4, 0.5) is 0 Å². The van der Waals surface area contributed by atoms with Gasteiger partial charge in [-0.1, -0.05) is 25.1 Å². The Hall–Kier alpha value is -1.36. The summed E-state index contributed by atoms with van der Waals surface area (Å²) in [5.74, 6) is 0.475. The van der Waals surface area contributed by atoms with Crippen molar-refractivity contribution in [2.24, 2.45) is 5.92 Å². The lowest BCUT2D eigenvalue weighted by Gasteiger charge is -2.28. The highest BCUT2D eigenvalue weighted by atomic mass is 16.7. The summed E-state index contributed by atoms with van der Waals surface area (Å²) in [6.45, 7) is 10.9. The predicted molar refractivity (Wildman–Crippen MR) is 85.8 cm³/mol. The molecule has 4 nitrogen and oxygen atoms in total. The smallest absolute Gasteiger partial charge is 0.163 e. The van der Waals surface area contributed by atoms with Gasteiger partial charge in [0.05, 0.1) is 26.4 Å². The minimum absolute atomic E-state index is 0.0821. The van der Waals surface area contributed by atoms with E-state index in [1.54, 1.807) is 7.11 Å². The lowest BCUT2D eigenvalue weighted by atomic mass is 10.00. The van der Waals surface area contributed by atoms with Gasteiger partial charge < -0.3 is 18.9 Å².